The van der Waals surface area contributed by atoms with Gasteiger partial charge in [-0.1, -0.05) is 23.5 Å². The number of para-hydroxylation sites is 1. The predicted molar refractivity (Wildman–Crippen MR) is 101 cm³/mol. The zero-order valence-electron chi connectivity index (χ0n) is 14.1. The maximum atomic E-state index is 13.2. The number of carbonyl (C=O) groups is 1. The van der Waals surface area contributed by atoms with E-state index in [-0.39, 0.29) is 12.0 Å². The van der Waals surface area contributed by atoms with Gasteiger partial charge in [-0.05, 0) is 49.2 Å². The summed E-state index contributed by atoms with van der Waals surface area (Å²) in [5.41, 5.74) is 1.96. The highest BCUT2D eigenvalue weighted by atomic mass is 32.1. The van der Waals surface area contributed by atoms with Crippen LogP contribution in [-0.4, -0.2) is 30.1 Å². The summed E-state index contributed by atoms with van der Waals surface area (Å²) in [6.07, 6.45) is 2.00. The number of hydrogen-bond acceptors (Lipinski definition) is 5. The Morgan fingerprint density at radius 1 is 1.27 bits per heavy atom. The van der Waals surface area contributed by atoms with Gasteiger partial charge in [0.15, 0.2) is 5.13 Å². The zero-order chi connectivity index (χ0) is 17.9. The molecule has 6 heteroatoms. The van der Waals surface area contributed by atoms with Crippen LogP contribution < -0.4 is 4.90 Å². The van der Waals surface area contributed by atoms with Crippen LogP contribution in [0.5, 0.6) is 0 Å². The van der Waals surface area contributed by atoms with Crippen molar-refractivity contribution in [2.75, 3.05) is 18.1 Å². The molecule has 130 valence electrons. The Hall–Kier alpha value is -2.75. The SMILES string of the molecule is N#Cc1ccc(C(=O)N(C[C@H]2CCCO2)c2nc3ccccc3s2)cc1. The van der Waals surface area contributed by atoms with Gasteiger partial charge in [-0.25, -0.2) is 4.98 Å². The van der Waals surface area contributed by atoms with Crippen molar-refractivity contribution in [1.29, 1.82) is 5.26 Å². The molecule has 2 heterocycles. The van der Waals surface area contributed by atoms with Gasteiger partial charge in [-0.15, -0.1) is 0 Å². The van der Waals surface area contributed by atoms with Crippen LogP contribution >= 0.6 is 11.3 Å². The number of amides is 1. The zero-order valence-corrected chi connectivity index (χ0v) is 14.9. The summed E-state index contributed by atoms with van der Waals surface area (Å²) >= 11 is 1.51. The third-order valence-electron chi connectivity index (χ3n) is 4.43. The number of hydrogen-bond donors (Lipinski definition) is 0. The van der Waals surface area contributed by atoms with Crippen molar-refractivity contribution in [3.63, 3.8) is 0 Å². The summed E-state index contributed by atoms with van der Waals surface area (Å²) in [6, 6.07) is 16.7. The fourth-order valence-corrected chi connectivity index (χ4v) is 4.03. The lowest BCUT2D eigenvalue weighted by atomic mass is 10.1. The summed E-state index contributed by atoms with van der Waals surface area (Å²) in [5, 5.41) is 9.63. The number of ether oxygens (including phenoxy) is 1. The summed E-state index contributed by atoms with van der Waals surface area (Å²) < 4.78 is 6.79. The highest BCUT2D eigenvalue weighted by molar-refractivity contribution is 7.22. The Bertz CT molecular complexity index is 936. The van der Waals surface area contributed by atoms with Gasteiger partial charge >= 0.3 is 0 Å². The Morgan fingerprint density at radius 3 is 2.77 bits per heavy atom. The van der Waals surface area contributed by atoms with Gasteiger partial charge in [0.05, 0.1) is 34.5 Å². The van der Waals surface area contributed by atoms with E-state index in [9.17, 15) is 4.79 Å². The van der Waals surface area contributed by atoms with E-state index in [1.165, 1.54) is 11.3 Å². The number of carbonyl (C=O) groups excluding carboxylic acids is 1. The molecule has 4 rings (SSSR count). The molecule has 1 saturated heterocycles. The van der Waals surface area contributed by atoms with E-state index in [4.69, 9.17) is 10.00 Å². The summed E-state index contributed by atoms with van der Waals surface area (Å²) in [7, 11) is 0. The molecule has 1 amide bonds. The lowest BCUT2D eigenvalue weighted by Gasteiger charge is -2.23. The Balaban J connectivity index is 1.69. The van der Waals surface area contributed by atoms with Crippen LogP contribution in [0.2, 0.25) is 0 Å². The summed E-state index contributed by atoms with van der Waals surface area (Å²) in [5.74, 6) is -0.121. The maximum Gasteiger partial charge on any atom is 0.260 e. The molecule has 0 unspecified atom stereocenters. The lowest BCUT2D eigenvalue weighted by molar-refractivity contribution is 0.0917. The number of aromatic nitrogens is 1. The van der Waals surface area contributed by atoms with Gasteiger partial charge < -0.3 is 4.74 Å². The van der Waals surface area contributed by atoms with E-state index in [1.54, 1.807) is 29.2 Å². The van der Waals surface area contributed by atoms with Crippen molar-refractivity contribution in [2.24, 2.45) is 0 Å². The third kappa shape index (κ3) is 3.32. The molecular formula is C20H17N3O2S. The molecule has 0 bridgehead atoms. The summed E-state index contributed by atoms with van der Waals surface area (Å²) in [6.45, 7) is 1.22. The van der Waals surface area contributed by atoms with E-state index in [0.29, 0.717) is 22.8 Å². The molecule has 0 spiro atoms. The predicted octanol–water partition coefficient (Wildman–Crippen LogP) is 3.99. The molecule has 0 saturated carbocycles. The molecule has 1 aromatic heterocycles. The highest BCUT2D eigenvalue weighted by Gasteiger charge is 2.27. The largest absolute Gasteiger partial charge is 0.376 e. The molecule has 2 aromatic carbocycles. The van der Waals surface area contributed by atoms with E-state index in [0.717, 1.165) is 29.7 Å². The molecule has 1 aliphatic rings. The average Bonchev–Trinajstić information content (AvgIpc) is 3.34. The summed E-state index contributed by atoms with van der Waals surface area (Å²) in [4.78, 5) is 19.5. The first-order valence-corrected chi connectivity index (χ1v) is 9.35. The third-order valence-corrected chi connectivity index (χ3v) is 5.49. The van der Waals surface area contributed by atoms with Gasteiger partial charge in [0, 0.05) is 12.2 Å². The van der Waals surface area contributed by atoms with E-state index in [1.807, 2.05) is 24.3 Å². The highest BCUT2D eigenvalue weighted by Crippen LogP contribution is 2.30. The van der Waals surface area contributed by atoms with Crippen LogP contribution in [0.4, 0.5) is 5.13 Å². The smallest absolute Gasteiger partial charge is 0.260 e. The van der Waals surface area contributed by atoms with Gasteiger partial charge in [0.25, 0.3) is 5.91 Å². The van der Waals surface area contributed by atoms with Crippen molar-refractivity contribution in [2.45, 2.75) is 18.9 Å². The van der Waals surface area contributed by atoms with E-state index in [2.05, 4.69) is 11.1 Å². The number of thiazole rings is 1. The monoisotopic (exact) mass is 363 g/mol. The second-order valence-electron chi connectivity index (χ2n) is 6.20. The number of nitriles is 1. The van der Waals surface area contributed by atoms with Crippen molar-refractivity contribution >= 4 is 32.6 Å². The van der Waals surface area contributed by atoms with E-state index >= 15 is 0 Å². The molecule has 3 aromatic rings. The first kappa shape index (κ1) is 16.7. The van der Waals surface area contributed by atoms with Crippen LogP contribution in [0.1, 0.15) is 28.8 Å². The number of benzene rings is 2. The minimum Gasteiger partial charge on any atom is -0.376 e. The fraction of sp³-hybridized carbons (Fsp3) is 0.250. The van der Waals surface area contributed by atoms with Crippen LogP contribution in [0.25, 0.3) is 10.2 Å². The number of nitrogens with zero attached hydrogens (tertiary/aromatic N) is 3. The molecule has 0 aliphatic carbocycles. The first-order chi connectivity index (χ1) is 12.7. The molecule has 1 fully saturated rings. The van der Waals surface area contributed by atoms with Gasteiger partial charge in [-0.2, -0.15) is 5.26 Å². The quantitative estimate of drug-likeness (QED) is 0.703. The average molecular weight is 363 g/mol. The Kier molecular flexibility index (Phi) is 4.65. The van der Waals surface area contributed by atoms with Gasteiger partial charge in [0.2, 0.25) is 0 Å². The topological polar surface area (TPSA) is 66.2 Å². The van der Waals surface area contributed by atoms with Crippen LogP contribution in [-0.2, 0) is 4.74 Å². The molecule has 1 atom stereocenters. The van der Waals surface area contributed by atoms with Crippen molar-refractivity contribution in [1.82, 2.24) is 4.98 Å². The van der Waals surface area contributed by atoms with Crippen molar-refractivity contribution in [3.05, 3.63) is 59.7 Å². The molecule has 5 nitrogen and oxygen atoms in total. The van der Waals surface area contributed by atoms with Crippen LogP contribution in [0.3, 0.4) is 0 Å². The van der Waals surface area contributed by atoms with Gasteiger partial charge in [0.1, 0.15) is 0 Å². The molecule has 1 aliphatic heterocycles. The number of anilines is 1. The minimum atomic E-state index is -0.121. The lowest BCUT2D eigenvalue weighted by Crippen LogP contribution is -2.37. The second kappa shape index (κ2) is 7.24. The maximum absolute atomic E-state index is 13.2. The molecule has 26 heavy (non-hydrogen) atoms. The van der Waals surface area contributed by atoms with Crippen LogP contribution in [0, 0.1) is 11.3 Å². The standard InChI is InChI=1S/C20H17N3O2S/c21-12-14-7-9-15(10-8-14)19(24)23(13-16-4-3-11-25-16)20-22-17-5-1-2-6-18(17)26-20/h1-2,5-10,16H,3-4,11,13H2/t16-/m1/s1. The number of fused-ring (bicyclic) bond motifs is 1. The molecule has 0 radical (unpaired) electrons. The van der Waals surface area contributed by atoms with Gasteiger partial charge in [-0.3, -0.25) is 9.69 Å². The molecular weight excluding hydrogens is 346 g/mol. The number of rotatable bonds is 4. The van der Waals surface area contributed by atoms with Crippen molar-refractivity contribution in [3.8, 4) is 6.07 Å². The Morgan fingerprint density at radius 2 is 2.08 bits per heavy atom. The molecule has 0 N–H and O–H groups in total. The first-order valence-electron chi connectivity index (χ1n) is 8.54. The van der Waals surface area contributed by atoms with Crippen LogP contribution in [0.15, 0.2) is 48.5 Å². The minimum absolute atomic E-state index is 0.0318. The second-order valence-corrected chi connectivity index (χ2v) is 7.21. The Labute approximate surface area is 155 Å². The normalized spacial score (nSPS) is 16.5. The fourth-order valence-electron chi connectivity index (χ4n) is 3.06. The van der Waals surface area contributed by atoms with Crippen molar-refractivity contribution < 1.29 is 9.53 Å². The van der Waals surface area contributed by atoms with E-state index < -0.39 is 0 Å².